The smallest absolute Gasteiger partial charge is 0.254 e. The summed E-state index contributed by atoms with van der Waals surface area (Å²) in [5.74, 6) is 5.44. The maximum atomic E-state index is 12.3. The van der Waals surface area contributed by atoms with Crippen LogP contribution in [0.3, 0.4) is 0 Å². The summed E-state index contributed by atoms with van der Waals surface area (Å²) in [5.41, 5.74) is 2.38. The van der Waals surface area contributed by atoms with Crippen LogP contribution in [0.1, 0.15) is 35.3 Å². The van der Waals surface area contributed by atoms with Crippen LogP contribution >= 0.6 is 0 Å². The van der Waals surface area contributed by atoms with Crippen molar-refractivity contribution in [3.8, 4) is 11.8 Å². The second kappa shape index (κ2) is 6.83. The zero-order valence-corrected chi connectivity index (χ0v) is 11.2. The highest BCUT2D eigenvalue weighted by atomic mass is 16.2. The average Bonchev–Trinajstić information content (AvgIpc) is 2.39. The Bertz CT molecular complexity index is 479. The van der Waals surface area contributed by atoms with E-state index >= 15 is 0 Å². The molecular formula is C15H19NO2. The molecule has 0 saturated carbocycles. The zero-order chi connectivity index (χ0) is 13.5. The van der Waals surface area contributed by atoms with Gasteiger partial charge in [0.05, 0.1) is 0 Å². The molecule has 1 N–H and O–H groups in total. The summed E-state index contributed by atoms with van der Waals surface area (Å²) >= 11 is 0. The van der Waals surface area contributed by atoms with Gasteiger partial charge in [0, 0.05) is 24.2 Å². The molecule has 1 aromatic carbocycles. The summed E-state index contributed by atoms with van der Waals surface area (Å²) in [6.07, 6.45) is 0. The van der Waals surface area contributed by atoms with Crippen LogP contribution in [0.2, 0.25) is 0 Å². The molecule has 0 aliphatic carbocycles. The first kappa shape index (κ1) is 14.3. The van der Waals surface area contributed by atoms with Crippen molar-refractivity contribution in [1.82, 2.24) is 4.90 Å². The van der Waals surface area contributed by atoms with Gasteiger partial charge in [-0.25, -0.2) is 0 Å². The normalized spacial score (nSPS) is 9.56. The third-order valence-corrected chi connectivity index (χ3v) is 2.83. The minimum atomic E-state index is -0.173. The van der Waals surface area contributed by atoms with Crippen molar-refractivity contribution >= 4 is 5.91 Å². The summed E-state index contributed by atoms with van der Waals surface area (Å²) in [6.45, 7) is 7.06. The molecule has 0 aromatic heterocycles. The molecule has 0 aliphatic rings. The summed E-state index contributed by atoms with van der Waals surface area (Å²) in [6, 6.07) is 5.54. The van der Waals surface area contributed by atoms with Crippen LogP contribution in [0.5, 0.6) is 0 Å². The van der Waals surface area contributed by atoms with E-state index in [4.69, 9.17) is 5.11 Å². The van der Waals surface area contributed by atoms with Gasteiger partial charge in [0.2, 0.25) is 0 Å². The lowest BCUT2D eigenvalue weighted by Crippen LogP contribution is -2.31. The zero-order valence-electron chi connectivity index (χ0n) is 11.2. The number of benzene rings is 1. The monoisotopic (exact) mass is 245 g/mol. The molecule has 18 heavy (non-hydrogen) atoms. The van der Waals surface area contributed by atoms with Crippen molar-refractivity contribution < 1.29 is 9.90 Å². The summed E-state index contributed by atoms with van der Waals surface area (Å²) in [4.78, 5) is 14.1. The number of hydrogen-bond acceptors (Lipinski definition) is 2. The predicted octanol–water partition coefficient (Wildman–Crippen LogP) is 1.82. The van der Waals surface area contributed by atoms with Crippen LogP contribution in [0, 0.1) is 18.8 Å². The lowest BCUT2D eigenvalue weighted by atomic mass is 10.0. The fourth-order valence-corrected chi connectivity index (χ4v) is 1.75. The number of aliphatic hydroxyl groups excluding tert-OH is 1. The highest BCUT2D eigenvalue weighted by Gasteiger charge is 2.14. The molecule has 0 atom stereocenters. The summed E-state index contributed by atoms with van der Waals surface area (Å²) < 4.78 is 0. The van der Waals surface area contributed by atoms with E-state index in [0.717, 1.165) is 11.1 Å². The Morgan fingerprint density at radius 2 is 2.00 bits per heavy atom. The van der Waals surface area contributed by atoms with Crippen LogP contribution in [0.15, 0.2) is 18.2 Å². The van der Waals surface area contributed by atoms with Crippen LogP contribution in [0.4, 0.5) is 0 Å². The summed E-state index contributed by atoms with van der Waals surface area (Å²) in [7, 11) is 0. The fraction of sp³-hybridized carbons (Fsp3) is 0.400. The third-order valence-electron chi connectivity index (χ3n) is 2.83. The first-order valence-corrected chi connectivity index (χ1v) is 6.13. The topological polar surface area (TPSA) is 40.5 Å². The van der Waals surface area contributed by atoms with E-state index in [-0.39, 0.29) is 12.5 Å². The van der Waals surface area contributed by atoms with E-state index in [1.54, 1.807) is 11.0 Å². The highest BCUT2D eigenvalue weighted by molar-refractivity contribution is 5.96. The van der Waals surface area contributed by atoms with Gasteiger partial charge in [-0.15, -0.1) is 0 Å². The quantitative estimate of drug-likeness (QED) is 0.825. The third kappa shape index (κ3) is 3.35. The van der Waals surface area contributed by atoms with Crippen molar-refractivity contribution in [2.24, 2.45) is 0 Å². The molecule has 3 heteroatoms. The molecule has 0 heterocycles. The van der Waals surface area contributed by atoms with Gasteiger partial charge in [-0.1, -0.05) is 17.9 Å². The number of carbonyl (C=O) groups is 1. The highest BCUT2D eigenvalue weighted by Crippen LogP contribution is 2.13. The van der Waals surface area contributed by atoms with Gasteiger partial charge < -0.3 is 10.0 Å². The Morgan fingerprint density at radius 3 is 2.56 bits per heavy atom. The Morgan fingerprint density at radius 1 is 1.33 bits per heavy atom. The minimum absolute atomic E-state index is 0.0325. The van der Waals surface area contributed by atoms with Crippen molar-refractivity contribution in [1.29, 1.82) is 0 Å². The SMILES string of the molecule is CCN(CC)C(=O)c1cc(C#CCO)ccc1C. The Balaban J connectivity index is 3.11. The number of amides is 1. The minimum Gasteiger partial charge on any atom is -0.384 e. The largest absolute Gasteiger partial charge is 0.384 e. The molecular weight excluding hydrogens is 226 g/mol. The fourth-order valence-electron chi connectivity index (χ4n) is 1.75. The molecule has 1 aromatic rings. The van der Waals surface area contributed by atoms with E-state index in [1.165, 1.54) is 0 Å². The molecule has 0 saturated heterocycles. The van der Waals surface area contributed by atoms with Crippen molar-refractivity contribution in [3.63, 3.8) is 0 Å². The van der Waals surface area contributed by atoms with Gasteiger partial charge in [-0.3, -0.25) is 4.79 Å². The second-order valence-electron chi connectivity index (χ2n) is 3.97. The molecule has 1 rings (SSSR count). The van der Waals surface area contributed by atoms with Crippen LogP contribution in [-0.4, -0.2) is 35.6 Å². The number of nitrogens with zero attached hydrogens (tertiary/aromatic N) is 1. The maximum Gasteiger partial charge on any atom is 0.254 e. The van der Waals surface area contributed by atoms with Crippen molar-refractivity contribution in [2.45, 2.75) is 20.8 Å². The Hall–Kier alpha value is -1.79. The molecule has 0 unspecified atom stereocenters. The number of aryl methyl sites for hydroxylation is 1. The molecule has 0 aliphatic heterocycles. The van der Waals surface area contributed by atoms with Crippen LogP contribution in [-0.2, 0) is 0 Å². The van der Waals surface area contributed by atoms with E-state index in [9.17, 15) is 4.79 Å². The van der Waals surface area contributed by atoms with Gasteiger partial charge in [0.25, 0.3) is 5.91 Å². The number of carbonyl (C=O) groups excluding carboxylic acids is 1. The Labute approximate surface area is 108 Å². The predicted molar refractivity (Wildman–Crippen MR) is 72.4 cm³/mol. The van der Waals surface area contributed by atoms with E-state index in [2.05, 4.69) is 11.8 Å². The number of hydrogen-bond donors (Lipinski definition) is 1. The van der Waals surface area contributed by atoms with Gasteiger partial charge in [-0.05, 0) is 38.5 Å². The number of rotatable bonds is 3. The molecule has 0 bridgehead atoms. The van der Waals surface area contributed by atoms with Gasteiger partial charge >= 0.3 is 0 Å². The molecule has 0 fully saturated rings. The first-order chi connectivity index (χ1) is 8.63. The molecule has 0 radical (unpaired) electrons. The van der Waals surface area contributed by atoms with Crippen molar-refractivity contribution in [3.05, 3.63) is 34.9 Å². The lowest BCUT2D eigenvalue weighted by Gasteiger charge is -2.19. The Kier molecular flexibility index (Phi) is 5.41. The van der Waals surface area contributed by atoms with Gasteiger partial charge in [0.1, 0.15) is 6.61 Å². The van der Waals surface area contributed by atoms with E-state index in [1.807, 2.05) is 32.9 Å². The molecule has 1 amide bonds. The average molecular weight is 245 g/mol. The number of aliphatic hydroxyl groups is 1. The van der Waals surface area contributed by atoms with Crippen molar-refractivity contribution in [2.75, 3.05) is 19.7 Å². The van der Waals surface area contributed by atoms with Crippen LogP contribution in [0.25, 0.3) is 0 Å². The maximum absolute atomic E-state index is 12.3. The molecule has 0 spiro atoms. The standard InChI is InChI=1S/C15H19NO2/c1-4-16(5-2)15(18)14-11-13(7-6-10-17)9-8-12(14)3/h8-9,11,17H,4-5,10H2,1-3H3. The second-order valence-corrected chi connectivity index (χ2v) is 3.97. The van der Waals surface area contributed by atoms with Crippen LogP contribution < -0.4 is 0 Å². The first-order valence-electron chi connectivity index (χ1n) is 6.13. The van der Waals surface area contributed by atoms with Gasteiger partial charge in [-0.2, -0.15) is 0 Å². The van der Waals surface area contributed by atoms with Gasteiger partial charge in [0.15, 0.2) is 0 Å². The van der Waals surface area contributed by atoms with E-state index in [0.29, 0.717) is 18.7 Å². The molecule has 3 nitrogen and oxygen atoms in total. The summed E-state index contributed by atoms with van der Waals surface area (Å²) in [5, 5.41) is 8.68. The molecule has 96 valence electrons. The van der Waals surface area contributed by atoms with E-state index < -0.39 is 0 Å². The lowest BCUT2D eigenvalue weighted by molar-refractivity contribution is 0.0772.